The molecule has 4 rings (SSSR count). The summed E-state index contributed by atoms with van der Waals surface area (Å²) in [4.78, 5) is 10.2. The number of anilines is 3. The lowest BCUT2D eigenvalue weighted by molar-refractivity contribution is 0.382. The number of imidazole rings is 1. The molecule has 158 valence electrons. The summed E-state index contributed by atoms with van der Waals surface area (Å²) in [6.07, 6.45) is 6.56. The largest absolute Gasteiger partial charge is 0.352 e. The molecule has 11 heteroatoms. The maximum Gasteiger partial charge on any atom is 0.262 e. The molecule has 0 aromatic carbocycles. The third kappa shape index (κ3) is 4.26. The maximum absolute atomic E-state index is 12.9. The highest BCUT2D eigenvalue weighted by Gasteiger charge is 2.30. The lowest BCUT2D eigenvalue weighted by Crippen LogP contribution is -2.49. The van der Waals surface area contributed by atoms with E-state index in [4.69, 9.17) is 0 Å². The Morgan fingerprint density at radius 3 is 2.47 bits per heavy atom. The zero-order valence-corrected chi connectivity index (χ0v) is 17.7. The van der Waals surface area contributed by atoms with Gasteiger partial charge in [-0.2, -0.15) is 4.31 Å². The lowest BCUT2D eigenvalue weighted by atomic mass is 10.3. The van der Waals surface area contributed by atoms with Crippen molar-refractivity contribution in [3.05, 3.63) is 49.2 Å². The van der Waals surface area contributed by atoms with E-state index >= 15 is 0 Å². The molecule has 0 unspecified atom stereocenters. The Labute approximate surface area is 175 Å². The van der Waals surface area contributed by atoms with Crippen molar-refractivity contribution in [3.63, 3.8) is 0 Å². The van der Waals surface area contributed by atoms with Gasteiger partial charge in [-0.05, 0) is 38.1 Å². The fraction of sp³-hybridized carbons (Fsp3) is 0.368. The number of hydrogen-bond acceptors (Lipinski definition) is 8. The molecule has 1 N–H and O–H groups in total. The average Bonchev–Trinajstić information content (AvgIpc) is 3.27. The van der Waals surface area contributed by atoms with Gasteiger partial charge in [0.1, 0.15) is 0 Å². The van der Waals surface area contributed by atoms with Gasteiger partial charge in [-0.25, -0.2) is 13.4 Å². The second-order valence-corrected chi connectivity index (χ2v) is 9.17. The van der Waals surface area contributed by atoms with Gasteiger partial charge >= 0.3 is 0 Å². The van der Waals surface area contributed by atoms with Crippen molar-refractivity contribution in [2.45, 2.75) is 24.9 Å². The van der Waals surface area contributed by atoms with Crippen LogP contribution < -0.4 is 10.2 Å². The highest BCUT2D eigenvalue weighted by atomic mass is 32.2. The zero-order valence-electron chi connectivity index (χ0n) is 16.9. The van der Waals surface area contributed by atoms with Gasteiger partial charge in [-0.3, -0.25) is 4.98 Å². The molecule has 3 aromatic heterocycles. The summed E-state index contributed by atoms with van der Waals surface area (Å²) in [6.45, 7) is 5.77. The van der Waals surface area contributed by atoms with Crippen LogP contribution in [0.25, 0.3) is 0 Å². The van der Waals surface area contributed by atoms with Gasteiger partial charge in [0.15, 0.2) is 16.7 Å². The Morgan fingerprint density at radius 2 is 1.87 bits per heavy atom. The molecule has 0 saturated carbocycles. The molecule has 1 saturated heterocycles. The third-order valence-electron chi connectivity index (χ3n) is 4.93. The van der Waals surface area contributed by atoms with Crippen LogP contribution in [0.15, 0.2) is 54.2 Å². The quantitative estimate of drug-likeness (QED) is 0.634. The Kier molecular flexibility index (Phi) is 5.64. The van der Waals surface area contributed by atoms with Crippen molar-refractivity contribution in [3.8, 4) is 0 Å². The number of sulfonamides is 1. The van der Waals surface area contributed by atoms with Crippen LogP contribution >= 0.6 is 0 Å². The molecule has 3 aromatic rings. The van der Waals surface area contributed by atoms with E-state index in [9.17, 15) is 8.42 Å². The van der Waals surface area contributed by atoms with Crippen molar-refractivity contribution in [2.75, 3.05) is 36.4 Å². The van der Waals surface area contributed by atoms with E-state index in [2.05, 4.69) is 25.5 Å². The molecule has 4 heterocycles. The molecule has 0 bridgehead atoms. The Balaban J connectivity index is 1.38. The van der Waals surface area contributed by atoms with Gasteiger partial charge in [0, 0.05) is 44.6 Å². The number of aromatic nitrogens is 5. The SMILES string of the molecule is CC(C)n1cnc(S(=O)(=O)N2CCN(c3ccc(Nc4cccnc4)nn3)CC2)c1. The number of nitrogens with one attached hydrogen (secondary N) is 1. The molecular formula is C19H24N8O2S. The molecule has 30 heavy (non-hydrogen) atoms. The van der Waals surface area contributed by atoms with E-state index in [1.807, 2.05) is 43.0 Å². The third-order valence-corrected chi connectivity index (χ3v) is 6.71. The molecule has 1 fully saturated rings. The van der Waals surface area contributed by atoms with Crippen LogP contribution in [-0.2, 0) is 10.0 Å². The van der Waals surface area contributed by atoms with Crippen molar-refractivity contribution >= 4 is 27.3 Å². The van der Waals surface area contributed by atoms with E-state index in [0.717, 1.165) is 5.69 Å². The van der Waals surface area contributed by atoms with Crippen LogP contribution in [0, 0.1) is 0 Å². The van der Waals surface area contributed by atoms with Gasteiger partial charge in [0.05, 0.1) is 18.2 Å². The van der Waals surface area contributed by atoms with Crippen LogP contribution in [0.1, 0.15) is 19.9 Å². The summed E-state index contributed by atoms with van der Waals surface area (Å²) >= 11 is 0. The highest BCUT2D eigenvalue weighted by molar-refractivity contribution is 7.89. The molecule has 0 atom stereocenters. The van der Waals surface area contributed by atoms with Crippen molar-refractivity contribution < 1.29 is 8.42 Å². The molecule has 0 spiro atoms. The van der Waals surface area contributed by atoms with Gasteiger partial charge in [0.25, 0.3) is 10.0 Å². The van der Waals surface area contributed by atoms with Gasteiger partial charge in [-0.15, -0.1) is 10.2 Å². The number of nitrogens with zero attached hydrogens (tertiary/aromatic N) is 7. The average molecular weight is 429 g/mol. The Hall–Kier alpha value is -3.05. The highest BCUT2D eigenvalue weighted by Crippen LogP contribution is 2.21. The minimum absolute atomic E-state index is 0.0928. The molecule has 0 radical (unpaired) electrons. The monoisotopic (exact) mass is 428 g/mol. The smallest absolute Gasteiger partial charge is 0.262 e. The molecule has 0 amide bonds. The van der Waals surface area contributed by atoms with Crippen LogP contribution in [0.4, 0.5) is 17.3 Å². The summed E-state index contributed by atoms with van der Waals surface area (Å²) in [5.74, 6) is 1.33. The van der Waals surface area contributed by atoms with E-state index in [1.165, 1.54) is 4.31 Å². The van der Waals surface area contributed by atoms with E-state index in [-0.39, 0.29) is 11.1 Å². The second-order valence-electron chi connectivity index (χ2n) is 7.29. The van der Waals surface area contributed by atoms with Gasteiger partial charge in [0.2, 0.25) is 0 Å². The first-order valence-corrected chi connectivity index (χ1v) is 11.2. The Bertz CT molecular complexity index is 1080. The van der Waals surface area contributed by atoms with Crippen LogP contribution in [0.3, 0.4) is 0 Å². The molecule has 0 aliphatic carbocycles. The van der Waals surface area contributed by atoms with Crippen molar-refractivity contribution in [2.24, 2.45) is 0 Å². The van der Waals surface area contributed by atoms with Crippen molar-refractivity contribution in [1.29, 1.82) is 0 Å². The summed E-state index contributed by atoms with van der Waals surface area (Å²) in [6, 6.07) is 7.61. The number of piperazine rings is 1. The van der Waals surface area contributed by atoms with E-state index in [1.54, 1.807) is 29.5 Å². The summed E-state index contributed by atoms with van der Waals surface area (Å²) in [7, 11) is -3.60. The topological polar surface area (TPSA) is 109 Å². The Morgan fingerprint density at radius 1 is 1.07 bits per heavy atom. The predicted octanol–water partition coefficient (Wildman–Crippen LogP) is 1.90. The predicted molar refractivity (Wildman–Crippen MR) is 113 cm³/mol. The van der Waals surface area contributed by atoms with Crippen LogP contribution in [0.2, 0.25) is 0 Å². The summed E-state index contributed by atoms with van der Waals surface area (Å²) in [5.41, 5.74) is 0.832. The van der Waals surface area contributed by atoms with Gasteiger partial charge < -0.3 is 14.8 Å². The first-order valence-electron chi connectivity index (χ1n) is 9.73. The first kappa shape index (κ1) is 20.2. The minimum atomic E-state index is -3.60. The second kappa shape index (κ2) is 8.36. The van der Waals surface area contributed by atoms with Crippen molar-refractivity contribution in [1.82, 2.24) is 29.0 Å². The van der Waals surface area contributed by atoms with Crippen LogP contribution in [-0.4, -0.2) is 63.6 Å². The maximum atomic E-state index is 12.9. The minimum Gasteiger partial charge on any atom is -0.352 e. The standard InChI is InChI=1S/C19H24N8O2S/c1-15(2)26-13-19(21-14-26)30(28,29)27-10-8-25(9-11-27)18-6-5-17(23-24-18)22-16-4-3-7-20-12-16/h3-7,12-15H,8-11H2,1-2H3,(H,22,23). The molecule has 1 aliphatic heterocycles. The number of pyridine rings is 1. The normalized spacial score (nSPS) is 15.5. The van der Waals surface area contributed by atoms with Crippen LogP contribution in [0.5, 0.6) is 0 Å². The first-order chi connectivity index (χ1) is 14.4. The van der Waals surface area contributed by atoms with E-state index in [0.29, 0.717) is 37.8 Å². The number of rotatable bonds is 6. The molecule has 1 aliphatic rings. The zero-order chi connectivity index (χ0) is 21.1. The van der Waals surface area contributed by atoms with Gasteiger partial charge in [-0.1, -0.05) is 0 Å². The fourth-order valence-electron chi connectivity index (χ4n) is 3.17. The molecular weight excluding hydrogens is 404 g/mol. The fourth-order valence-corrected chi connectivity index (χ4v) is 4.51. The lowest BCUT2D eigenvalue weighted by Gasteiger charge is -2.34. The summed E-state index contributed by atoms with van der Waals surface area (Å²) in [5, 5.41) is 11.7. The molecule has 10 nitrogen and oxygen atoms in total. The number of hydrogen-bond donors (Lipinski definition) is 1. The summed E-state index contributed by atoms with van der Waals surface area (Å²) < 4.78 is 29.0. The van der Waals surface area contributed by atoms with E-state index < -0.39 is 10.0 Å².